The minimum Gasteiger partial charge on any atom is -0.417 e. The number of aryl methyl sites for hydroxylation is 1. The van der Waals surface area contributed by atoms with Crippen LogP contribution in [0, 0.1) is 0 Å². The number of hydrogen-bond acceptors (Lipinski definition) is 6. The summed E-state index contributed by atoms with van der Waals surface area (Å²) in [4.78, 5) is 18.1. The van der Waals surface area contributed by atoms with Crippen LogP contribution in [0.5, 0.6) is 0 Å². The normalized spacial score (nSPS) is 23.4. The van der Waals surface area contributed by atoms with Crippen LogP contribution in [-0.2, 0) is 39.0 Å². The standard InChI is InChI=1S/C26H41FN6O3SSi/c1-25(2,3)38(4,5)36-15-7-14-33-23(19(27)16-29-33)37(28,35)32-24(34)31-21-17-8-6-9-20(17)30-22-18(21)10-11-26(22)12-13-26/h16,23,29H,6-15H2,1-5H3,(H3,28,30,31,32,34,35)/t23-,37?/m1/s1. The number of carbonyl (C=O) groups excluding carboxylic acids is 1. The van der Waals surface area contributed by atoms with E-state index in [1.54, 1.807) is 0 Å². The summed E-state index contributed by atoms with van der Waals surface area (Å²) in [6.07, 6.45) is 8.60. The number of hydrogen-bond donors (Lipinski definition) is 3. The molecule has 4 N–H and O–H groups in total. The summed E-state index contributed by atoms with van der Waals surface area (Å²) >= 11 is 0. The minimum absolute atomic E-state index is 0.0845. The maximum atomic E-state index is 14.8. The predicted octanol–water partition coefficient (Wildman–Crippen LogP) is 4.79. The quantitative estimate of drug-likeness (QED) is 0.323. The van der Waals surface area contributed by atoms with E-state index in [-0.39, 0.29) is 10.5 Å². The van der Waals surface area contributed by atoms with Crippen molar-refractivity contribution in [1.29, 1.82) is 0 Å². The van der Waals surface area contributed by atoms with Gasteiger partial charge in [-0.25, -0.2) is 18.5 Å². The second kappa shape index (κ2) is 9.65. The van der Waals surface area contributed by atoms with Crippen LogP contribution in [-0.4, -0.2) is 47.1 Å². The topological polar surface area (TPSA) is 122 Å². The molecule has 9 nitrogen and oxygen atoms in total. The van der Waals surface area contributed by atoms with Crippen LogP contribution in [0.2, 0.25) is 18.1 Å². The summed E-state index contributed by atoms with van der Waals surface area (Å²) in [5.41, 5.74) is 8.00. The number of urea groups is 1. The zero-order valence-electron chi connectivity index (χ0n) is 23.2. The average Bonchev–Trinajstić information content (AvgIpc) is 3.11. The van der Waals surface area contributed by atoms with Crippen molar-refractivity contribution in [2.24, 2.45) is 9.50 Å². The van der Waals surface area contributed by atoms with Crippen molar-refractivity contribution in [3.8, 4) is 0 Å². The molecule has 1 aromatic rings. The molecule has 1 fully saturated rings. The van der Waals surface area contributed by atoms with Gasteiger partial charge >= 0.3 is 6.03 Å². The Kier molecular flexibility index (Phi) is 7.03. The lowest BCUT2D eigenvalue weighted by atomic mass is 10.0. The second-order valence-electron chi connectivity index (χ2n) is 12.7. The molecule has 2 atom stereocenters. The fourth-order valence-electron chi connectivity index (χ4n) is 5.62. The first kappa shape index (κ1) is 27.7. The van der Waals surface area contributed by atoms with Gasteiger partial charge in [-0.2, -0.15) is 5.01 Å². The van der Waals surface area contributed by atoms with Gasteiger partial charge in [0.25, 0.3) is 0 Å². The van der Waals surface area contributed by atoms with Gasteiger partial charge in [0.1, 0.15) is 9.92 Å². The predicted molar refractivity (Wildman–Crippen MR) is 150 cm³/mol. The number of anilines is 1. The highest BCUT2D eigenvalue weighted by atomic mass is 32.2. The number of nitrogens with two attached hydrogens (primary N) is 1. The largest absolute Gasteiger partial charge is 0.417 e. The number of carbonyl (C=O) groups is 1. The molecule has 38 heavy (non-hydrogen) atoms. The van der Waals surface area contributed by atoms with Crippen LogP contribution in [0.15, 0.2) is 16.4 Å². The Labute approximate surface area is 226 Å². The summed E-state index contributed by atoms with van der Waals surface area (Å²) in [6, 6.07) is -0.808. The Morgan fingerprint density at radius 2 is 2.05 bits per heavy atom. The number of amides is 2. The van der Waals surface area contributed by atoms with Crippen LogP contribution in [0.3, 0.4) is 0 Å². The van der Waals surface area contributed by atoms with E-state index >= 15 is 0 Å². The van der Waals surface area contributed by atoms with Crippen molar-refractivity contribution in [2.75, 3.05) is 18.5 Å². The first-order valence-corrected chi connectivity index (χ1v) is 18.2. The van der Waals surface area contributed by atoms with Crippen molar-refractivity contribution in [3.05, 3.63) is 34.5 Å². The van der Waals surface area contributed by atoms with E-state index in [4.69, 9.17) is 14.5 Å². The van der Waals surface area contributed by atoms with Gasteiger partial charge < -0.3 is 15.2 Å². The number of hydrazine groups is 1. The summed E-state index contributed by atoms with van der Waals surface area (Å²) in [7, 11) is -5.68. The van der Waals surface area contributed by atoms with E-state index in [1.807, 2.05) is 0 Å². The molecule has 12 heteroatoms. The minimum atomic E-state index is -3.77. The highest BCUT2D eigenvalue weighted by Crippen LogP contribution is 2.58. The van der Waals surface area contributed by atoms with Gasteiger partial charge in [0, 0.05) is 30.5 Å². The third-order valence-corrected chi connectivity index (χ3v) is 15.1. The van der Waals surface area contributed by atoms with Crippen LogP contribution in [0.1, 0.15) is 75.4 Å². The van der Waals surface area contributed by atoms with E-state index in [0.717, 1.165) is 79.3 Å². The molecule has 1 aromatic heterocycles. The molecule has 210 valence electrons. The Balaban J connectivity index is 1.29. The molecule has 0 saturated heterocycles. The van der Waals surface area contributed by atoms with E-state index in [1.165, 1.54) is 5.01 Å². The number of nitrogens with zero attached hydrogens (tertiary/aromatic N) is 3. The lowest BCUT2D eigenvalue weighted by Gasteiger charge is -2.36. The molecular formula is C26H41FN6O3SSi. The number of aromatic nitrogens is 1. The average molecular weight is 565 g/mol. The molecule has 1 unspecified atom stereocenters. The van der Waals surface area contributed by atoms with Gasteiger partial charge in [0.05, 0.1) is 11.4 Å². The van der Waals surface area contributed by atoms with Crippen molar-refractivity contribution < 1.29 is 17.8 Å². The molecule has 1 spiro atoms. The van der Waals surface area contributed by atoms with Crippen LogP contribution in [0.25, 0.3) is 0 Å². The highest BCUT2D eigenvalue weighted by Gasteiger charge is 2.51. The summed E-state index contributed by atoms with van der Waals surface area (Å²) in [5.74, 6) is -0.708. The molecule has 1 aliphatic heterocycles. The maximum Gasteiger partial charge on any atom is 0.354 e. The molecule has 2 amide bonds. The molecule has 0 bridgehead atoms. The summed E-state index contributed by atoms with van der Waals surface area (Å²) < 4.78 is 38.3. The zero-order chi connectivity index (χ0) is 27.5. The molecule has 5 rings (SSSR count). The summed E-state index contributed by atoms with van der Waals surface area (Å²) in [5, 5.41) is 9.14. The lowest BCUT2D eigenvalue weighted by Crippen LogP contribution is -2.47. The first-order chi connectivity index (χ1) is 17.7. The Bertz CT molecular complexity index is 1300. The van der Waals surface area contributed by atoms with Crippen LogP contribution in [0.4, 0.5) is 14.9 Å². The zero-order valence-corrected chi connectivity index (χ0v) is 25.0. The molecule has 4 aliphatic rings. The van der Waals surface area contributed by atoms with Crippen LogP contribution < -0.4 is 15.9 Å². The van der Waals surface area contributed by atoms with E-state index in [0.29, 0.717) is 19.6 Å². The number of pyridine rings is 1. The number of rotatable bonds is 7. The Morgan fingerprint density at radius 1 is 1.32 bits per heavy atom. The maximum absolute atomic E-state index is 14.8. The highest BCUT2D eigenvalue weighted by molar-refractivity contribution is 7.92. The summed E-state index contributed by atoms with van der Waals surface area (Å²) in [6.45, 7) is 11.7. The fraction of sp³-hybridized carbons (Fsp3) is 0.692. The lowest BCUT2D eigenvalue weighted by molar-refractivity contribution is 0.198. The molecule has 0 aromatic carbocycles. The third kappa shape index (κ3) is 5.05. The Morgan fingerprint density at radius 3 is 2.74 bits per heavy atom. The van der Waals surface area contributed by atoms with Crippen molar-refractivity contribution in [1.82, 2.24) is 15.4 Å². The van der Waals surface area contributed by atoms with Crippen molar-refractivity contribution in [3.63, 3.8) is 0 Å². The molecule has 1 saturated carbocycles. The monoisotopic (exact) mass is 564 g/mol. The van der Waals surface area contributed by atoms with Gasteiger partial charge in [-0.05, 0) is 80.6 Å². The fourth-order valence-corrected chi connectivity index (χ4v) is 8.04. The van der Waals surface area contributed by atoms with E-state index < -0.39 is 35.5 Å². The first-order valence-electron chi connectivity index (χ1n) is 13.7. The Hall–Kier alpha value is -1.86. The van der Waals surface area contributed by atoms with Gasteiger partial charge in [-0.15, -0.1) is 4.36 Å². The molecule has 2 heterocycles. The van der Waals surface area contributed by atoms with Crippen molar-refractivity contribution >= 4 is 30.0 Å². The van der Waals surface area contributed by atoms with E-state index in [9.17, 15) is 13.4 Å². The number of nitrogens with one attached hydrogen (secondary N) is 2. The second-order valence-corrected chi connectivity index (χ2v) is 19.3. The number of fused-ring (bicyclic) bond motifs is 3. The smallest absolute Gasteiger partial charge is 0.354 e. The van der Waals surface area contributed by atoms with Gasteiger partial charge in [-0.3, -0.25) is 4.98 Å². The number of halogens is 1. The van der Waals surface area contributed by atoms with Crippen molar-refractivity contribution in [2.45, 2.75) is 101 Å². The molecule has 3 aliphatic carbocycles. The third-order valence-electron chi connectivity index (χ3n) is 9.01. The van der Waals surface area contributed by atoms with Crippen LogP contribution >= 0.6 is 0 Å². The van der Waals surface area contributed by atoms with E-state index in [2.05, 4.69) is 49.0 Å². The van der Waals surface area contributed by atoms with Gasteiger partial charge in [0.15, 0.2) is 19.5 Å². The van der Waals surface area contributed by atoms with Gasteiger partial charge in [-0.1, -0.05) is 20.8 Å². The molecule has 0 radical (unpaired) electrons. The SMILES string of the molecule is CC(C)(C)[Si](C)(C)OCCCN1NC=C(F)[C@H]1S(N)(=O)=NC(=O)Nc1c2c(nc3c1CCC31CC1)CCC2. The van der Waals surface area contributed by atoms with Gasteiger partial charge in [0.2, 0.25) is 0 Å². The molecular weight excluding hydrogens is 523 g/mol.